The van der Waals surface area contributed by atoms with Crippen LogP contribution in [0.15, 0.2) is 36.5 Å². The molecule has 1 amide bonds. The molecule has 0 saturated heterocycles. The Hall–Kier alpha value is -2.52. The van der Waals surface area contributed by atoms with Gasteiger partial charge in [-0.25, -0.2) is 0 Å². The maximum Gasteiger partial charge on any atom is 0.435 e. The number of alkyl halides is 3. The highest BCUT2D eigenvalue weighted by atomic mass is 35.5. The Morgan fingerprint density at radius 2 is 1.90 bits per heavy atom. The first-order valence-electron chi connectivity index (χ1n) is 9.57. The molecule has 6 nitrogen and oxygen atoms in total. The van der Waals surface area contributed by atoms with E-state index < -0.39 is 23.8 Å². The number of hydrogen-bond acceptors (Lipinski definition) is 3. The van der Waals surface area contributed by atoms with Crippen molar-refractivity contribution in [2.75, 3.05) is 5.32 Å². The third kappa shape index (κ3) is 4.72. The minimum atomic E-state index is -4.57. The topological polar surface area (TPSA) is 64.7 Å². The van der Waals surface area contributed by atoms with E-state index in [4.69, 9.17) is 23.2 Å². The predicted octanol–water partition coefficient (Wildman–Crippen LogP) is 5.53. The van der Waals surface area contributed by atoms with Gasteiger partial charge in [-0.05, 0) is 38.0 Å². The van der Waals surface area contributed by atoms with E-state index in [2.05, 4.69) is 15.5 Å². The van der Waals surface area contributed by atoms with Crippen molar-refractivity contribution < 1.29 is 18.0 Å². The van der Waals surface area contributed by atoms with E-state index in [9.17, 15) is 18.0 Å². The van der Waals surface area contributed by atoms with E-state index in [0.717, 1.165) is 23.6 Å². The molecule has 2 heterocycles. The quantitative estimate of drug-likeness (QED) is 0.513. The van der Waals surface area contributed by atoms with Crippen LogP contribution in [0.5, 0.6) is 0 Å². The van der Waals surface area contributed by atoms with Gasteiger partial charge >= 0.3 is 6.18 Å². The van der Waals surface area contributed by atoms with Gasteiger partial charge in [0, 0.05) is 39.5 Å². The maximum absolute atomic E-state index is 13.1. The maximum atomic E-state index is 13.1. The van der Waals surface area contributed by atoms with Crippen LogP contribution >= 0.6 is 23.2 Å². The predicted molar refractivity (Wildman–Crippen MR) is 110 cm³/mol. The van der Waals surface area contributed by atoms with Gasteiger partial charge in [0.2, 0.25) is 5.91 Å². The van der Waals surface area contributed by atoms with Crippen LogP contribution in [-0.4, -0.2) is 25.5 Å². The average Bonchev–Trinajstić information content (AvgIpc) is 3.28. The molecule has 11 heteroatoms. The van der Waals surface area contributed by atoms with E-state index in [1.54, 1.807) is 35.1 Å². The Bertz CT molecular complexity index is 1100. The molecule has 3 aromatic rings. The molecule has 1 atom stereocenters. The summed E-state index contributed by atoms with van der Waals surface area (Å²) >= 11 is 12.3. The largest absolute Gasteiger partial charge is 0.435 e. The molecule has 164 valence electrons. The van der Waals surface area contributed by atoms with E-state index in [1.165, 1.54) is 6.92 Å². The number of benzene rings is 1. The summed E-state index contributed by atoms with van der Waals surface area (Å²) in [5, 5.41) is 11.6. The van der Waals surface area contributed by atoms with Gasteiger partial charge in [-0.1, -0.05) is 29.3 Å². The molecule has 1 aromatic carbocycles. The number of rotatable bonds is 6. The molecule has 4 rings (SSSR count). The lowest BCUT2D eigenvalue weighted by molar-refractivity contribution is -0.141. The monoisotopic (exact) mass is 471 g/mol. The van der Waals surface area contributed by atoms with Gasteiger partial charge in [0.25, 0.3) is 0 Å². The van der Waals surface area contributed by atoms with Crippen LogP contribution in [0, 0.1) is 0 Å². The van der Waals surface area contributed by atoms with Gasteiger partial charge in [0.1, 0.15) is 6.04 Å². The van der Waals surface area contributed by atoms with E-state index in [0.29, 0.717) is 27.8 Å². The number of nitrogens with zero attached hydrogens (tertiary/aromatic N) is 4. The van der Waals surface area contributed by atoms with Gasteiger partial charge in [-0.15, -0.1) is 0 Å². The second-order valence-corrected chi connectivity index (χ2v) is 8.25. The van der Waals surface area contributed by atoms with Crippen molar-refractivity contribution in [1.82, 2.24) is 19.6 Å². The van der Waals surface area contributed by atoms with Crippen LogP contribution < -0.4 is 5.32 Å². The fourth-order valence-electron chi connectivity index (χ4n) is 3.25. The zero-order valence-electron chi connectivity index (χ0n) is 16.3. The molecule has 0 bridgehead atoms. The summed E-state index contributed by atoms with van der Waals surface area (Å²) in [5.41, 5.74) is 0.120. The van der Waals surface area contributed by atoms with Crippen molar-refractivity contribution in [3.63, 3.8) is 0 Å². The first kappa shape index (κ1) is 21.7. The minimum Gasteiger partial charge on any atom is -0.307 e. The van der Waals surface area contributed by atoms with Crippen molar-refractivity contribution in [3.05, 3.63) is 63.5 Å². The van der Waals surface area contributed by atoms with Crippen molar-refractivity contribution in [3.8, 4) is 0 Å². The molecule has 31 heavy (non-hydrogen) atoms. The zero-order chi connectivity index (χ0) is 22.3. The van der Waals surface area contributed by atoms with Gasteiger partial charge in [0.15, 0.2) is 11.5 Å². The van der Waals surface area contributed by atoms with Crippen LogP contribution in [0.4, 0.5) is 19.0 Å². The Morgan fingerprint density at radius 3 is 2.52 bits per heavy atom. The van der Waals surface area contributed by atoms with Gasteiger partial charge < -0.3 is 5.32 Å². The standard InChI is InChI=1S/C20H18Cl2F3N5O/c1-11(30-16(12-5-6-12)9-17(27-30)20(23,24)25)19(31)26-18-7-8-29(28-18)10-13-14(21)3-2-4-15(13)22/h2-4,7-9,11-12H,5-6,10H2,1H3,(H,26,28,31). The van der Waals surface area contributed by atoms with Gasteiger partial charge in [0.05, 0.1) is 6.54 Å². The summed E-state index contributed by atoms with van der Waals surface area (Å²) in [6.07, 6.45) is -1.35. The first-order chi connectivity index (χ1) is 14.6. The minimum absolute atomic E-state index is 0.00146. The molecular weight excluding hydrogens is 454 g/mol. The molecule has 2 aromatic heterocycles. The second kappa shape index (κ2) is 8.20. The number of anilines is 1. The van der Waals surface area contributed by atoms with Crippen LogP contribution in [0.1, 0.15) is 48.7 Å². The van der Waals surface area contributed by atoms with Crippen molar-refractivity contribution >= 4 is 34.9 Å². The number of nitrogens with one attached hydrogen (secondary N) is 1. The van der Waals surface area contributed by atoms with E-state index >= 15 is 0 Å². The molecule has 1 aliphatic rings. The first-order valence-corrected chi connectivity index (χ1v) is 10.3. The lowest BCUT2D eigenvalue weighted by atomic mass is 10.2. The number of aromatic nitrogens is 4. The highest BCUT2D eigenvalue weighted by molar-refractivity contribution is 6.35. The van der Waals surface area contributed by atoms with Crippen molar-refractivity contribution in [1.29, 1.82) is 0 Å². The molecule has 1 saturated carbocycles. The van der Waals surface area contributed by atoms with E-state index in [-0.39, 0.29) is 11.7 Å². The summed E-state index contributed by atoms with van der Waals surface area (Å²) in [4.78, 5) is 12.7. The number of halogens is 5. The van der Waals surface area contributed by atoms with Crippen LogP contribution in [0.25, 0.3) is 0 Å². The van der Waals surface area contributed by atoms with E-state index in [1.807, 2.05) is 0 Å². The van der Waals surface area contributed by atoms with Gasteiger partial charge in [-0.2, -0.15) is 23.4 Å². The van der Waals surface area contributed by atoms with Crippen molar-refractivity contribution in [2.45, 2.75) is 44.4 Å². The molecule has 0 aliphatic heterocycles. The zero-order valence-corrected chi connectivity index (χ0v) is 17.8. The second-order valence-electron chi connectivity index (χ2n) is 7.44. The van der Waals surface area contributed by atoms with Crippen LogP contribution in [0.3, 0.4) is 0 Å². The third-order valence-corrected chi connectivity index (χ3v) is 5.78. The van der Waals surface area contributed by atoms with Crippen LogP contribution in [0.2, 0.25) is 10.0 Å². The molecule has 0 spiro atoms. The molecule has 1 N–H and O–H groups in total. The number of amides is 1. The third-order valence-electron chi connectivity index (χ3n) is 5.07. The molecule has 1 aliphatic carbocycles. The molecule has 0 radical (unpaired) electrons. The Morgan fingerprint density at radius 1 is 1.23 bits per heavy atom. The number of hydrogen-bond donors (Lipinski definition) is 1. The lowest BCUT2D eigenvalue weighted by Gasteiger charge is -2.15. The summed E-state index contributed by atoms with van der Waals surface area (Å²) in [7, 11) is 0. The number of carbonyl (C=O) groups is 1. The highest BCUT2D eigenvalue weighted by Gasteiger charge is 2.39. The smallest absolute Gasteiger partial charge is 0.307 e. The lowest BCUT2D eigenvalue weighted by Crippen LogP contribution is -2.26. The normalized spacial score (nSPS) is 15.2. The Balaban J connectivity index is 1.49. The fraction of sp³-hybridized carbons (Fsp3) is 0.350. The summed E-state index contributed by atoms with van der Waals surface area (Å²) in [5.74, 6) is -0.255. The summed E-state index contributed by atoms with van der Waals surface area (Å²) in [6, 6.07) is 6.85. The summed E-state index contributed by atoms with van der Waals surface area (Å²) in [6.45, 7) is 1.80. The average molecular weight is 472 g/mol. The summed E-state index contributed by atoms with van der Waals surface area (Å²) < 4.78 is 42.0. The fourth-order valence-corrected chi connectivity index (χ4v) is 3.76. The van der Waals surface area contributed by atoms with Crippen LogP contribution in [-0.2, 0) is 17.5 Å². The Labute approximate surface area is 185 Å². The molecular formula is C20H18Cl2F3N5O. The number of carbonyl (C=O) groups excluding carboxylic acids is 1. The highest BCUT2D eigenvalue weighted by Crippen LogP contribution is 2.43. The van der Waals surface area contributed by atoms with Crippen molar-refractivity contribution in [2.24, 2.45) is 0 Å². The molecule has 1 unspecified atom stereocenters. The van der Waals surface area contributed by atoms with Gasteiger partial charge in [-0.3, -0.25) is 14.2 Å². The molecule has 1 fully saturated rings. The SMILES string of the molecule is CC(C(=O)Nc1ccn(Cc2c(Cl)cccc2Cl)n1)n1nc(C(F)(F)F)cc1C1CC1. The Kier molecular flexibility index (Phi) is 5.74.